The Bertz CT molecular complexity index is 1190. The zero-order valence-electron chi connectivity index (χ0n) is 41.3. The molecule has 0 aromatic rings. The number of rotatable bonds is 47. The highest BCUT2D eigenvalue weighted by molar-refractivity contribution is 5.71. The van der Waals surface area contributed by atoms with E-state index in [1.807, 2.05) is 0 Å². The van der Waals surface area contributed by atoms with Crippen LogP contribution in [-0.2, 0) is 28.6 Å². The number of hydrogen-bond acceptors (Lipinski definition) is 6. The van der Waals surface area contributed by atoms with E-state index >= 15 is 0 Å². The molecule has 0 fully saturated rings. The van der Waals surface area contributed by atoms with Crippen molar-refractivity contribution in [3.63, 3.8) is 0 Å². The number of esters is 3. The summed E-state index contributed by atoms with van der Waals surface area (Å²) >= 11 is 0. The first-order valence-corrected chi connectivity index (χ1v) is 26.5. The van der Waals surface area contributed by atoms with Crippen LogP contribution in [0.5, 0.6) is 0 Å². The summed E-state index contributed by atoms with van der Waals surface area (Å²) in [5.41, 5.74) is 0. The third-order valence-corrected chi connectivity index (χ3v) is 11.2. The van der Waals surface area contributed by atoms with E-state index in [0.717, 1.165) is 109 Å². The molecule has 0 aromatic heterocycles. The minimum atomic E-state index is -0.798. The number of unbranched alkanes of at least 4 members (excludes halogenated alkanes) is 27. The average Bonchev–Trinajstić information content (AvgIpc) is 3.28. The van der Waals surface area contributed by atoms with Gasteiger partial charge in [-0.25, -0.2) is 0 Å². The molecule has 0 aliphatic heterocycles. The summed E-state index contributed by atoms with van der Waals surface area (Å²) in [7, 11) is 0. The first-order valence-electron chi connectivity index (χ1n) is 26.5. The van der Waals surface area contributed by atoms with Gasteiger partial charge in [-0.1, -0.05) is 209 Å². The van der Waals surface area contributed by atoms with Crippen molar-refractivity contribution in [2.45, 2.75) is 258 Å². The molecule has 0 aliphatic carbocycles. The number of hydrogen-bond donors (Lipinski definition) is 0. The summed E-state index contributed by atoms with van der Waals surface area (Å²) < 4.78 is 16.8. The van der Waals surface area contributed by atoms with Gasteiger partial charge in [0.2, 0.25) is 0 Å². The summed E-state index contributed by atoms with van der Waals surface area (Å²) in [6.07, 6.45) is 64.5. The molecule has 1 atom stereocenters. The first-order chi connectivity index (χ1) is 31.0. The first kappa shape index (κ1) is 59.9. The smallest absolute Gasteiger partial charge is 0.306 e. The van der Waals surface area contributed by atoms with Crippen molar-refractivity contribution >= 4 is 17.9 Å². The predicted octanol–water partition coefficient (Wildman–Crippen LogP) is 17.4. The van der Waals surface area contributed by atoms with E-state index in [2.05, 4.69) is 93.7 Å². The lowest BCUT2D eigenvalue weighted by atomic mass is 10.1. The summed E-state index contributed by atoms with van der Waals surface area (Å²) in [6, 6.07) is 0. The Morgan fingerprint density at radius 1 is 0.317 bits per heavy atom. The Hall–Kier alpha value is -3.15. The highest BCUT2D eigenvalue weighted by Crippen LogP contribution is 2.13. The molecule has 1 unspecified atom stereocenters. The molecule has 0 rings (SSSR count). The standard InChI is InChI=1S/C57H98O6/c1-4-7-10-13-16-19-22-25-27-28-29-30-33-35-38-41-44-47-50-56(59)62-53-54(52-61-55(58)49-46-43-40-37-34-31-24-21-18-15-12-9-6-3)63-57(60)51-48-45-42-39-36-32-26-23-20-17-14-11-8-5-2/h16,19,22,25,27-32,34,36,54H,4-15,17-18,20-21,23-24,26,33,35,37-53H2,1-3H3/b19-16-,25-22-,28-27-,30-29-,34-31-,36-32-. The summed E-state index contributed by atoms with van der Waals surface area (Å²) in [6.45, 7) is 6.54. The van der Waals surface area contributed by atoms with E-state index in [4.69, 9.17) is 14.2 Å². The van der Waals surface area contributed by atoms with Gasteiger partial charge in [0.25, 0.3) is 0 Å². The minimum absolute atomic E-state index is 0.0972. The second kappa shape index (κ2) is 51.5. The van der Waals surface area contributed by atoms with Gasteiger partial charge in [0.1, 0.15) is 13.2 Å². The lowest BCUT2D eigenvalue weighted by molar-refractivity contribution is -0.167. The quantitative estimate of drug-likeness (QED) is 0.0199. The highest BCUT2D eigenvalue weighted by Gasteiger charge is 2.19. The number of carbonyl (C=O) groups excluding carboxylic acids is 3. The molecule has 362 valence electrons. The molecule has 6 heteroatoms. The molecular formula is C57H98O6. The van der Waals surface area contributed by atoms with Crippen molar-refractivity contribution in [1.29, 1.82) is 0 Å². The number of ether oxygens (including phenoxy) is 3. The van der Waals surface area contributed by atoms with Crippen molar-refractivity contribution in [1.82, 2.24) is 0 Å². The average molecular weight is 879 g/mol. The molecule has 0 aliphatic rings. The van der Waals surface area contributed by atoms with Gasteiger partial charge in [0, 0.05) is 19.3 Å². The Morgan fingerprint density at radius 2 is 0.587 bits per heavy atom. The van der Waals surface area contributed by atoms with Gasteiger partial charge in [-0.05, 0) is 96.3 Å². The second-order valence-electron chi connectivity index (χ2n) is 17.5. The van der Waals surface area contributed by atoms with Crippen LogP contribution in [0.15, 0.2) is 72.9 Å². The molecule has 0 saturated heterocycles. The van der Waals surface area contributed by atoms with Crippen molar-refractivity contribution < 1.29 is 28.6 Å². The lowest BCUT2D eigenvalue weighted by Crippen LogP contribution is -2.30. The van der Waals surface area contributed by atoms with Crippen LogP contribution in [0.25, 0.3) is 0 Å². The van der Waals surface area contributed by atoms with Crippen LogP contribution in [-0.4, -0.2) is 37.2 Å². The Morgan fingerprint density at radius 3 is 0.984 bits per heavy atom. The SMILES string of the molecule is CCCCC\C=C/C=C\C=C/C=C\CCCCCCCC(=O)OCC(COC(=O)CCCCC/C=C\CCCCCCCC)OC(=O)CCCCC/C=C\CCCCCCCCC. The van der Waals surface area contributed by atoms with Crippen LogP contribution >= 0.6 is 0 Å². The van der Waals surface area contributed by atoms with Crippen molar-refractivity contribution in [3.05, 3.63) is 72.9 Å². The van der Waals surface area contributed by atoms with Crippen LogP contribution in [0.4, 0.5) is 0 Å². The van der Waals surface area contributed by atoms with Gasteiger partial charge in [-0.3, -0.25) is 14.4 Å². The summed E-state index contributed by atoms with van der Waals surface area (Å²) in [5.74, 6) is -0.949. The van der Waals surface area contributed by atoms with Gasteiger partial charge in [-0.2, -0.15) is 0 Å². The van der Waals surface area contributed by atoms with Crippen LogP contribution in [0.1, 0.15) is 252 Å². The maximum atomic E-state index is 12.8. The summed E-state index contributed by atoms with van der Waals surface area (Å²) in [4.78, 5) is 38.0. The van der Waals surface area contributed by atoms with E-state index in [1.54, 1.807) is 0 Å². The van der Waals surface area contributed by atoms with E-state index in [1.165, 1.54) is 103 Å². The van der Waals surface area contributed by atoms with Crippen molar-refractivity contribution in [3.8, 4) is 0 Å². The zero-order valence-corrected chi connectivity index (χ0v) is 41.3. The fraction of sp³-hybridized carbons (Fsp3) is 0.737. The maximum absolute atomic E-state index is 12.8. The molecule has 0 radical (unpaired) electrons. The molecule has 0 saturated carbocycles. The van der Waals surface area contributed by atoms with Gasteiger partial charge >= 0.3 is 17.9 Å². The van der Waals surface area contributed by atoms with Gasteiger partial charge in [-0.15, -0.1) is 0 Å². The van der Waals surface area contributed by atoms with Crippen molar-refractivity contribution in [2.24, 2.45) is 0 Å². The molecular weight excluding hydrogens is 781 g/mol. The van der Waals surface area contributed by atoms with Gasteiger partial charge in [0.15, 0.2) is 6.10 Å². The molecule has 0 aromatic carbocycles. The van der Waals surface area contributed by atoms with Gasteiger partial charge in [0.05, 0.1) is 0 Å². The normalized spacial score (nSPS) is 12.6. The van der Waals surface area contributed by atoms with Gasteiger partial charge < -0.3 is 14.2 Å². The van der Waals surface area contributed by atoms with E-state index in [0.29, 0.717) is 19.3 Å². The molecule has 63 heavy (non-hydrogen) atoms. The Balaban J connectivity index is 4.47. The van der Waals surface area contributed by atoms with Crippen molar-refractivity contribution in [2.75, 3.05) is 13.2 Å². The Labute approximate surface area is 389 Å². The second-order valence-corrected chi connectivity index (χ2v) is 17.5. The molecule has 0 spiro atoms. The largest absolute Gasteiger partial charge is 0.462 e. The third-order valence-electron chi connectivity index (χ3n) is 11.2. The van der Waals surface area contributed by atoms with E-state index in [-0.39, 0.29) is 31.1 Å². The minimum Gasteiger partial charge on any atom is -0.462 e. The fourth-order valence-corrected chi connectivity index (χ4v) is 7.21. The monoisotopic (exact) mass is 879 g/mol. The number of carbonyl (C=O) groups is 3. The topological polar surface area (TPSA) is 78.9 Å². The molecule has 0 amide bonds. The Kier molecular flexibility index (Phi) is 48.9. The number of allylic oxidation sites excluding steroid dienone is 12. The third kappa shape index (κ3) is 49.7. The maximum Gasteiger partial charge on any atom is 0.306 e. The lowest BCUT2D eigenvalue weighted by Gasteiger charge is -2.18. The fourth-order valence-electron chi connectivity index (χ4n) is 7.21. The zero-order chi connectivity index (χ0) is 45.8. The highest BCUT2D eigenvalue weighted by atomic mass is 16.6. The molecule has 0 heterocycles. The summed E-state index contributed by atoms with van der Waals surface area (Å²) in [5, 5.41) is 0. The molecule has 6 nitrogen and oxygen atoms in total. The predicted molar refractivity (Wildman–Crippen MR) is 270 cm³/mol. The van der Waals surface area contributed by atoms with E-state index < -0.39 is 6.10 Å². The van der Waals surface area contributed by atoms with Crippen LogP contribution in [0.2, 0.25) is 0 Å². The molecule has 0 N–H and O–H groups in total. The molecule has 0 bridgehead atoms. The van der Waals surface area contributed by atoms with Crippen LogP contribution in [0, 0.1) is 0 Å². The van der Waals surface area contributed by atoms with Crippen LogP contribution < -0.4 is 0 Å². The van der Waals surface area contributed by atoms with E-state index in [9.17, 15) is 14.4 Å². The van der Waals surface area contributed by atoms with Crippen LogP contribution in [0.3, 0.4) is 0 Å².